The van der Waals surface area contributed by atoms with E-state index in [0.29, 0.717) is 4.90 Å². The van der Waals surface area contributed by atoms with Crippen molar-refractivity contribution in [2.75, 3.05) is 13.7 Å². The van der Waals surface area contributed by atoms with E-state index in [-0.39, 0.29) is 18.4 Å². The molecule has 3 rings (SSSR count). The average molecular weight is 318 g/mol. The van der Waals surface area contributed by atoms with E-state index in [4.69, 9.17) is 4.74 Å². The Kier molecular flexibility index (Phi) is 3.93. The molecule has 0 unspecified atom stereocenters. The maximum atomic E-state index is 12.7. The minimum atomic E-state index is -3.43. The maximum Gasteiger partial charge on any atom is 0.182 e. The molecular weight excluding hydrogens is 300 g/mol. The average Bonchev–Trinajstić information content (AvgIpc) is 3.31. The zero-order valence-electron chi connectivity index (χ0n) is 12.2. The molecule has 0 saturated heterocycles. The quantitative estimate of drug-likeness (QED) is 0.918. The lowest BCUT2D eigenvalue weighted by Crippen LogP contribution is -2.11. The summed E-state index contributed by atoms with van der Waals surface area (Å²) < 4.78 is 30.6. The minimum absolute atomic E-state index is 0.132. The summed E-state index contributed by atoms with van der Waals surface area (Å²) in [6.45, 7) is -0.132. The topological polar surface area (TPSA) is 63.6 Å². The van der Waals surface area contributed by atoms with Crippen molar-refractivity contribution in [3.63, 3.8) is 0 Å². The van der Waals surface area contributed by atoms with Gasteiger partial charge in [0.05, 0.1) is 17.3 Å². The van der Waals surface area contributed by atoms with Crippen LogP contribution in [0.25, 0.3) is 0 Å². The zero-order valence-corrected chi connectivity index (χ0v) is 13.0. The number of sulfone groups is 1. The maximum absolute atomic E-state index is 12.7. The van der Waals surface area contributed by atoms with Gasteiger partial charge >= 0.3 is 0 Å². The van der Waals surface area contributed by atoms with Crippen LogP contribution < -0.4 is 4.74 Å². The van der Waals surface area contributed by atoms with E-state index in [1.165, 1.54) is 0 Å². The Morgan fingerprint density at radius 3 is 2.23 bits per heavy atom. The van der Waals surface area contributed by atoms with Crippen LogP contribution >= 0.6 is 0 Å². The first-order valence-corrected chi connectivity index (χ1v) is 8.68. The first kappa shape index (κ1) is 15.1. The van der Waals surface area contributed by atoms with Crippen molar-refractivity contribution < 1.29 is 18.3 Å². The van der Waals surface area contributed by atoms with E-state index in [1.54, 1.807) is 37.4 Å². The summed E-state index contributed by atoms with van der Waals surface area (Å²) in [5, 5.41) is 8.97. The summed E-state index contributed by atoms with van der Waals surface area (Å²) >= 11 is 0. The fourth-order valence-electron chi connectivity index (χ4n) is 3.01. The van der Waals surface area contributed by atoms with Gasteiger partial charge in [-0.1, -0.05) is 30.3 Å². The van der Waals surface area contributed by atoms with Gasteiger partial charge in [0.1, 0.15) is 5.75 Å². The number of hydrogen-bond donors (Lipinski definition) is 1. The van der Waals surface area contributed by atoms with Crippen LogP contribution in [0.5, 0.6) is 5.75 Å². The Morgan fingerprint density at radius 2 is 1.68 bits per heavy atom. The summed E-state index contributed by atoms with van der Waals surface area (Å²) in [4.78, 5) is 0.314. The van der Waals surface area contributed by atoms with Gasteiger partial charge in [0.25, 0.3) is 0 Å². The molecule has 0 spiro atoms. The van der Waals surface area contributed by atoms with Crippen LogP contribution in [0.1, 0.15) is 11.5 Å². The molecule has 1 saturated carbocycles. The fourth-order valence-corrected chi connectivity index (χ4v) is 5.23. The van der Waals surface area contributed by atoms with Gasteiger partial charge in [0.2, 0.25) is 0 Å². The monoisotopic (exact) mass is 318 g/mol. The Balaban J connectivity index is 1.91. The second-order valence-corrected chi connectivity index (χ2v) is 7.57. The number of benzene rings is 2. The molecule has 116 valence electrons. The second-order valence-electron chi connectivity index (χ2n) is 5.47. The summed E-state index contributed by atoms with van der Waals surface area (Å²) in [5.74, 6) is 0.312. The summed E-state index contributed by atoms with van der Waals surface area (Å²) in [6, 6.07) is 15.8. The van der Waals surface area contributed by atoms with Crippen LogP contribution in [-0.4, -0.2) is 32.5 Å². The first-order chi connectivity index (χ1) is 10.6. The van der Waals surface area contributed by atoms with Gasteiger partial charge in [0, 0.05) is 18.4 Å². The van der Waals surface area contributed by atoms with Crippen LogP contribution in [0.2, 0.25) is 0 Å². The molecule has 2 aromatic rings. The van der Waals surface area contributed by atoms with E-state index < -0.39 is 15.1 Å². The summed E-state index contributed by atoms with van der Waals surface area (Å²) in [5.41, 5.74) is 0.921. The number of aliphatic hydroxyl groups is 1. The molecule has 0 amide bonds. The first-order valence-electron chi connectivity index (χ1n) is 7.13. The van der Waals surface area contributed by atoms with Gasteiger partial charge in [-0.2, -0.15) is 0 Å². The molecule has 0 bridgehead atoms. The molecule has 22 heavy (non-hydrogen) atoms. The molecule has 5 heteroatoms. The molecule has 1 aliphatic carbocycles. The molecule has 0 aromatic heterocycles. The number of hydrogen-bond acceptors (Lipinski definition) is 4. The van der Waals surface area contributed by atoms with Gasteiger partial charge in [-0.3, -0.25) is 0 Å². The summed E-state index contributed by atoms with van der Waals surface area (Å²) in [6.07, 6.45) is 0. The lowest BCUT2D eigenvalue weighted by Gasteiger charge is -2.05. The van der Waals surface area contributed by atoms with Crippen molar-refractivity contribution in [2.45, 2.75) is 16.1 Å². The highest BCUT2D eigenvalue weighted by atomic mass is 32.2. The Bertz CT molecular complexity index is 738. The molecule has 0 heterocycles. The molecule has 1 fully saturated rings. The fraction of sp³-hybridized carbons (Fsp3) is 0.294. The largest absolute Gasteiger partial charge is 0.497 e. The van der Waals surface area contributed by atoms with Crippen LogP contribution in [0, 0.1) is 5.92 Å². The number of rotatable bonds is 5. The van der Waals surface area contributed by atoms with Gasteiger partial charge in [0.15, 0.2) is 9.84 Å². The Morgan fingerprint density at radius 1 is 1.05 bits per heavy atom. The highest BCUT2D eigenvalue weighted by molar-refractivity contribution is 7.92. The molecule has 0 aliphatic heterocycles. The highest BCUT2D eigenvalue weighted by Crippen LogP contribution is 2.53. The third kappa shape index (κ3) is 2.51. The van der Waals surface area contributed by atoms with Gasteiger partial charge < -0.3 is 9.84 Å². The third-order valence-corrected chi connectivity index (χ3v) is 6.53. The SMILES string of the molecule is COc1ccc([C@@H]2[C@@H](CO)[C@@H]2S(=O)(=O)c2ccccc2)cc1. The molecule has 1 N–H and O–H groups in total. The van der Waals surface area contributed by atoms with Crippen molar-refractivity contribution in [3.05, 3.63) is 60.2 Å². The number of methoxy groups -OCH3 is 1. The molecule has 3 atom stereocenters. The lowest BCUT2D eigenvalue weighted by molar-refractivity contribution is 0.274. The smallest absolute Gasteiger partial charge is 0.182 e. The van der Waals surface area contributed by atoms with Gasteiger partial charge in [-0.25, -0.2) is 8.42 Å². The number of aliphatic hydroxyl groups excluding tert-OH is 1. The Labute approximate surface area is 130 Å². The van der Waals surface area contributed by atoms with Crippen molar-refractivity contribution in [3.8, 4) is 5.75 Å². The van der Waals surface area contributed by atoms with E-state index in [0.717, 1.165) is 11.3 Å². The molecule has 0 radical (unpaired) electrons. The van der Waals surface area contributed by atoms with E-state index in [2.05, 4.69) is 0 Å². The van der Waals surface area contributed by atoms with Gasteiger partial charge in [-0.05, 0) is 29.8 Å². The highest BCUT2D eigenvalue weighted by Gasteiger charge is 2.58. The van der Waals surface area contributed by atoms with Crippen LogP contribution in [0.3, 0.4) is 0 Å². The standard InChI is InChI=1S/C17H18O4S/c1-21-13-9-7-12(8-10-13)16-15(11-18)17(16)22(19,20)14-5-3-2-4-6-14/h2-10,15-18H,11H2,1H3/t15-,16-,17+/m1/s1. The van der Waals surface area contributed by atoms with E-state index >= 15 is 0 Å². The Hall–Kier alpha value is -1.85. The molecule has 1 aliphatic rings. The van der Waals surface area contributed by atoms with Crippen molar-refractivity contribution >= 4 is 9.84 Å². The summed E-state index contributed by atoms with van der Waals surface area (Å²) in [7, 11) is -1.84. The van der Waals surface area contributed by atoms with Crippen molar-refractivity contribution in [2.24, 2.45) is 5.92 Å². The lowest BCUT2D eigenvalue weighted by atomic mass is 10.1. The third-order valence-electron chi connectivity index (χ3n) is 4.24. The van der Waals surface area contributed by atoms with Crippen LogP contribution in [0.15, 0.2) is 59.5 Å². The normalized spacial score (nSPS) is 24.0. The second kappa shape index (κ2) is 5.74. The molecule has 2 aromatic carbocycles. The predicted octanol–water partition coefficient (Wildman–Crippen LogP) is 2.24. The van der Waals surface area contributed by atoms with Crippen molar-refractivity contribution in [1.82, 2.24) is 0 Å². The van der Waals surface area contributed by atoms with E-state index in [9.17, 15) is 13.5 Å². The zero-order chi connectivity index (χ0) is 15.7. The van der Waals surface area contributed by atoms with Crippen LogP contribution in [0.4, 0.5) is 0 Å². The van der Waals surface area contributed by atoms with E-state index in [1.807, 2.05) is 24.3 Å². The molecule has 4 nitrogen and oxygen atoms in total. The molecular formula is C17H18O4S. The minimum Gasteiger partial charge on any atom is -0.497 e. The van der Waals surface area contributed by atoms with Gasteiger partial charge in [-0.15, -0.1) is 0 Å². The van der Waals surface area contributed by atoms with Crippen molar-refractivity contribution in [1.29, 1.82) is 0 Å². The van der Waals surface area contributed by atoms with Crippen LogP contribution in [-0.2, 0) is 9.84 Å². The predicted molar refractivity (Wildman–Crippen MR) is 83.7 cm³/mol. The number of ether oxygens (including phenoxy) is 1.